The van der Waals surface area contributed by atoms with Crippen molar-refractivity contribution >= 4 is 17.5 Å². The maximum Gasteiger partial charge on any atom is 0.272 e. The van der Waals surface area contributed by atoms with E-state index in [1.807, 2.05) is 18.7 Å². The molecule has 0 aromatic heterocycles. The van der Waals surface area contributed by atoms with E-state index in [1.54, 1.807) is 17.9 Å². The number of hydrogen-bond donors (Lipinski definition) is 1. The molecule has 1 aromatic carbocycles. The van der Waals surface area contributed by atoms with Gasteiger partial charge in [-0.05, 0) is 32.4 Å². The lowest BCUT2D eigenvalue weighted by molar-refractivity contribution is -0.385. The molecule has 1 aliphatic rings. The molecule has 2 amide bonds. The molecule has 1 saturated heterocycles. The standard InChI is InChI=1S/C18H26N4O4/c1-4-14(3)19-17(23)12-20-7-9-21(10-8-20)18(24)15-5-6-16(22(25)26)13(2)11-15/h5-6,11,14H,4,7-10,12H2,1-3H3,(H,19,23). The van der Waals surface area contributed by atoms with Crippen molar-refractivity contribution in [1.29, 1.82) is 0 Å². The van der Waals surface area contributed by atoms with Crippen molar-refractivity contribution in [2.75, 3.05) is 32.7 Å². The van der Waals surface area contributed by atoms with Gasteiger partial charge in [0.2, 0.25) is 5.91 Å². The van der Waals surface area contributed by atoms with Gasteiger partial charge in [0, 0.05) is 49.4 Å². The Kier molecular flexibility index (Phi) is 6.68. The van der Waals surface area contributed by atoms with Crippen LogP contribution in [0.2, 0.25) is 0 Å². The van der Waals surface area contributed by atoms with E-state index in [-0.39, 0.29) is 23.5 Å². The molecule has 8 heteroatoms. The van der Waals surface area contributed by atoms with Crippen molar-refractivity contribution in [2.24, 2.45) is 0 Å². The Bertz CT molecular complexity index is 684. The number of aryl methyl sites for hydroxylation is 1. The first-order valence-electron chi connectivity index (χ1n) is 8.87. The number of amides is 2. The highest BCUT2D eigenvalue weighted by Gasteiger charge is 2.24. The zero-order valence-electron chi connectivity index (χ0n) is 15.5. The molecule has 1 aromatic rings. The first-order chi connectivity index (χ1) is 12.3. The second-order valence-corrected chi connectivity index (χ2v) is 6.70. The fourth-order valence-corrected chi connectivity index (χ4v) is 2.91. The zero-order chi connectivity index (χ0) is 19.3. The Hall–Kier alpha value is -2.48. The third kappa shape index (κ3) is 5.01. The molecule has 0 bridgehead atoms. The summed E-state index contributed by atoms with van der Waals surface area (Å²) in [5.74, 6) is -0.128. The van der Waals surface area contributed by atoms with Gasteiger partial charge in [0.25, 0.3) is 11.6 Å². The van der Waals surface area contributed by atoms with Crippen LogP contribution in [0.3, 0.4) is 0 Å². The molecule has 0 saturated carbocycles. The second kappa shape index (κ2) is 8.75. The molecule has 0 aliphatic carbocycles. The molecule has 1 atom stereocenters. The molecule has 1 N–H and O–H groups in total. The van der Waals surface area contributed by atoms with Gasteiger partial charge in [-0.3, -0.25) is 24.6 Å². The highest BCUT2D eigenvalue weighted by atomic mass is 16.6. The molecule has 1 unspecified atom stereocenters. The van der Waals surface area contributed by atoms with Crippen LogP contribution in [0.25, 0.3) is 0 Å². The van der Waals surface area contributed by atoms with Gasteiger partial charge in [-0.1, -0.05) is 6.92 Å². The number of piperazine rings is 1. The van der Waals surface area contributed by atoms with Gasteiger partial charge in [0.1, 0.15) is 0 Å². The summed E-state index contributed by atoms with van der Waals surface area (Å²) in [6.07, 6.45) is 0.892. The quantitative estimate of drug-likeness (QED) is 0.612. The summed E-state index contributed by atoms with van der Waals surface area (Å²) in [5, 5.41) is 13.8. The van der Waals surface area contributed by atoms with Crippen molar-refractivity contribution in [1.82, 2.24) is 15.1 Å². The van der Waals surface area contributed by atoms with Gasteiger partial charge in [-0.2, -0.15) is 0 Å². The Morgan fingerprint density at radius 2 is 1.92 bits per heavy atom. The van der Waals surface area contributed by atoms with Crippen LogP contribution < -0.4 is 5.32 Å². The summed E-state index contributed by atoms with van der Waals surface area (Å²) in [7, 11) is 0. The van der Waals surface area contributed by atoms with Crippen molar-refractivity contribution < 1.29 is 14.5 Å². The summed E-state index contributed by atoms with van der Waals surface area (Å²) in [4.78, 5) is 38.7. The maximum atomic E-state index is 12.6. The number of rotatable bonds is 6. The minimum atomic E-state index is -0.452. The van der Waals surface area contributed by atoms with Crippen LogP contribution >= 0.6 is 0 Å². The van der Waals surface area contributed by atoms with Gasteiger partial charge >= 0.3 is 0 Å². The average Bonchev–Trinajstić information content (AvgIpc) is 2.61. The largest absolute Gasteiger partial charge is 0.353 e. The molecular formula is C18H26N4O4. The van der Waals surface area contributed by atoms with Crippen LogP contribution in [0.4, 0.5) is 5.69 Å². The number of benzene rings is 1. The van der Waals surface area contributed by atoms with Gasteiger partial charge < -0.3 is 10.2 Å². The summed E-state index contributed by atoms with van der Waals surface area (Å²) >= 11 is 0. The minimum Gasteiger partial charge on any atom is -0.353 e. The second-order valence-electron chi connectivity index (χ2n) is 6.70. The van der Waals surface area contributed by atoms with E-state index in [4.69, 9.17) is 0 Å². The summed E-state index contributed by atoms with van der Waals surface area (Å²) in [6, 6.07) is 4.60. The summed E-state index contributed by atoms with van der Waals surface area (Å²) in [5.41, 5.74) is 0.941. The van der Waals surface area contributed by atoms with E-state index in [1.165, 1.54) is 12.1 Å². The van der Waals surface area contributed by atoms with E-state index in [9.17, 15) is 19.7 Å². The van der Waals surface area contributed by atoms with Crippen molar-refractivity contribution in [3.05, 3.63) is 39.4 Å². The first-order valence-corrected chi connectivity index (χ1v) is 8.87. The third-order valence-electron chi connectivity index (χ3n) is 4.69. The van der Waals surface area contributed by atoms with E-state index < -0.39 is 4.92 Å². The third-order valence-corrected chi connectivity index (χ3v) is 4.69. The molecule has 0 spiro atoms. The number of nitro groups is 1. The number of nitrogens with one attached hydrogen (secondary N) is 1. The van der Waals surface area contributed by atoms with Crippen LogP contribution in [0.1, 0.15) is 36.2 Å². The molecule has 0 radical (unpaired) electrons. The fraction of sp³-hybridized carbons (Fsp3) is 0.556. The van der Waals surface area contributed by atoms with E-state index in [0.717, 1.165) is 6.42 Å². The molecule has 1 aliphatic heterocycles. The molecule has 8 nitrogen and oxygen atoms in total. The van der Waals surface area contributed by atoms with Gasteiger partial charge in [-0.25, -0.2) is 0 Å². The number of nitrogens with zero attached hydrogens (tertiary/aromatic N) is 3. The number of nitro benzene ring substituents is 1. The maximum absolute atomic E-state index is 12.6. The van der Waals surface area contributed by atoms with Crippen LogP contribution in [-0.2, 0) is 4.79 Å². The minimum absolute atomic E-state index is 0.00474. The number of carbonyl (C=O) groups excluding carboxylic acids is 2. The molecule has 26 heavy (non-hydrogen) atoms. The summed E-state index contributed by atoms with van der Waals surface area (Å²) < 4.78 is 0. The average molecular weight is 362 g/mol. The lowest BCUT2D eigenvalue weighted by atomic mass is 10.1. The van der Waals surface area contributed by atoms with Crippen LogP contribution in [0, 0.1) is 17.0 Å². The molecule has 1 fully saturated rings. The molecule has 142 valence electrons. The van der Waals surface area contributed by atoms with Crippen LogP contribution in [0.15, 0.2) is 18.2 Å². The lowest BCUT2D eigenvalue weighted by Gasteiger charge is -2.34. The predicted octanol–water partition coefficient (Wildman–Crippen LogP) is 1.58. The van der Waals surface area contributed by atoms with E-state index in [2.05, 4.69) is 5.32 Å². The lowest BCUT2D eigenvalue weighted by Crippen LogP contribution is -2.51. The normalized spacial score (nSPS) is 16.2. The first kappa shape index (κ1) is 19.8. The monoisotopic (exact) mass is 362 g/mol. The van der Waals surface area contributed by atoms with Crippen molar-refractivity contribution in [3.8, 4) is 0 Å². The Labute approximate surface area is 153 Å². The van der Waals surface area contributed by atoms with E-state index >= 15 is 0 Å². The highest BCUT2D eigenvalue weighted by Crippen LogP contribution is 2.20. The number of carbonyl (C=O) groups is 2. The Morgan fingerprint density at radius 3 is 2.46 bits per heavy atom. The van der Waals surface area contributed by atoms with Gasteiger partial charge in [0.15, 0.2) is 0 Å². The van der Waals surface area contributed by atoms with Crippen molar-refractivity contribution in [2.45, 2.75) is 33.2 Å². The van der Waals surface area contributed by atoms with Crippen LogP contribution in [-0.4, -0.2) is 65.3 Å². The SMILES string of the molecule is CCC(C)NC(=O)CN1CCN(C(=O)c2ccc([N+](=O)[O-])c(C)c2)CC1. The van der Waals surface area contributed by atoms with Crippen LogP contribution in [0.5, 0.6) is 0 Å². The molecular weight excluding hydrogens is 336 g/mol. The molecule has 1 heterocycles. The summed E-state index contributed by atoms with van der Waals surface area (Å²) in [6.45, 7) is 8.29. The Balaban J connectivity index is 1.89. The predicted molar refractivity (Wildman–Crippen MR) is 98.1 cm³/mol. The zero-order valence-corrected chi connectivity index (χ0v) is 15.5. The van der Waals surface area contributed by atoms with Crippen molar-refractivity contribution in [3.63, 3.8) is 0 Å². The van der Waals surface area contributed by atoms with Gasteiger partial charge in [0.05, 0.1) is 11.5 Å². The fourth-order valence-electron chi connectivity index (χ4n) is 2.91. The smallest absolute Gasteiger partial charge is 0.272 e. The highest BCUT2D eigenvalue weighted by molar-refractivity contribution is 5.94. The van der Waals surface area contributed by atoms with Gasteiger partial charge in [-0.15, -0.1) is 0 Å². The molecule has 2 rings (SSSR count). The van der Waals surface area contributed by atoms with E-state index in [0.29, 0.717) is 43.9 Å². The number of hydrogen-bond acceptors (Lipinski definition) is 5. The Morgan fingerprint density at radius 1 is 1.27 bits per heavy atom. The topological polar surface area (TPSA) is 95.8 Å².